The van der Waals surface area contributed by atoms with Crippen LogP contribution in [0.1, 0.15) is 31.9 Å². The molecule has 0 saturated heterocycles. The van der Waals surface area contributed by atoms with Gasteiger partial charge in [-0.05, 0) is 36.8 Å². The molecular formula is C23H25NO6. The van der Waals surface area contributed by atoms with Crippen molar-refractivity contribution in [2.45, 2.75) is 26.3 Å². The first-order valence-corrected chi connectivity index (χ1v) is 9.71. The van der Waals surface area contributed by atoms with Crippen LogP contribution in [0.25, 0.3) is 0 Å². The summed E-state index contributed by atoms with van der Waals surface area (Å²) in [5.41, 5.74) is 1.19. The summed E-state index contributed by atoms with van der Waals surface area (Å²) in [4.78, 5) is 27.1. The van der Waals surface area contributed by atoms with Crippen molar-refractivity contribution in [2.75, 3.05) is 25.7 Å². The zero-order valence-electron chi connectivity index (χ0n) is 17.5. The summed E-state index contributed by atoms with van der Waals surface area (Å²) in [6.07, 6.45) is 0.156. The maximum atomic E-state index is 13.0. The van der Waals surface area contributed by atoms with Gasteiger partial charge in [0.1, 0.15) is 5.75 Å². The summed E-state index contributed by atoms with van der Waals surface area (Å²) in [6.45, 7) is 3.97. The lowest BCUT2D eigenvalue weighted by Crippen LogP contribution is -2.31. The van der Waals surface area contributed by atoms with Gasteiger partial charge < -0.3 is 19.3 Å². The van der Waals surface area contributed by atoms with Crippen LogP contribution in [0.3, 0.4) is 0 Å². The number of amides is 1. The van der Waals surface area contributed by atoms with Crippen LogP contribution < -0.4 is 19.1 Å². The molecule has 2 aromatic carbocycles. The Morgan fingerprint density at radius 1 is 1.07 bits per heavy atom. The molecule has 0 fully saturated rings. The van der Waals surface area contributed by atoms with E-state index in [1.165, 1.54) is 19.1 Å². The average Bonchev–Trinajstić information content (AvgIpc) is 3.04. The third kappa shape index (κ3) is 3.70. The summed E-state index contributed by atoms with van der Waals surface area (Å²) in [6, 6.07) is 11.3. The molecule has 1 amide bonds. The molecule has 158 valence electrons. The molecule has 7 nitrogen and oxygen atoms in total. The lowest BCUT2D eigenvalue weighted by molar-refractivity contribution is -0.118. The summed E-state index contributed by atoms with van der Waals surface area (Å²) >= 11 is 0. The van der Waals surface area contributed by atoms with Gasteiger partial charge in [0.25, 0.3) is 5.91 Å². The van der Waals surface area contributed by atoms with Crippen LogP contribution in [0.2, 0.25) is 0 Å². The second kappa shape index (κ2) is 8.90. The predicted octanol–water partition coefficient (Wildman–Crippen LogP) is 3.98. The summed E-state index contributed by atoms with van der Waals surface area (Å²) in [5, 5.41) is 10.6. The highest BCUT2D eigenvalue weighted by Crippen LogP contribution is 2.44. The Morgan fingerprint density at radius 3 is 2.47 bits per heavy atom. The molecule has 0 aliphatic carbocycles. The summed E-state index contributed by atoms with van der Waals surface area (Å²) in [7, 11) is 3.07. The standard InChI is InChI=1S/C23H25NO6/c1-5-17(25)20-21(14-10-11-18(29-4)19(12-14)30-6-2)24(23(27)22(20)26)15-8-7-9-16(13-15)28-3/h7-13,21,26H,5-6H2,1-4H3. The minimum absolute atomic E-state index is 0.0675. The quantitative estimate of drug-likeness (QED) is 0.707. The van der Waals surface area contributed by atoms with Crippen LogP contribution >= 0.6 is 0 Å². The van der Waals surface area contributed by atoms with Crippen molar-refractivity contribution in [3.8, 4) is 17.2 Å². The Kier molecular flexibility index (Phi) is 6.30. The molecule has 1 N–H and O–H groups in total. The molecule has 0 aromatic heterocycles. The monoisotopic (exact) mass is 411 g/mol. The van der Waals surface area contributed by atoms with E-state index in [2.05, 4.69) is 0 Å². The lowest BCUT2D eigenvalue weighted by atomic mass is 9.94. The zero-order chi connectivity index (χ0) is 21.8. The fraction of sp³-hybridized carbons (Fsp3) is 0.304. The Labute approximate surface area is 175 Å². The molecule has 30 heavy (non-hydrogen) atoms. The number of hydrogen-bond acceptors (Lipinski definition) is 6. The lowest BCUT2D eigenvalue weighted by Gasteiger charge is -2.27. The van der Waals surface area contributed by atoms with Gasteiger partial charge in [-0.1, -0.05) is 19.1 Å². The van der Waals surface area contributed by atoms with Crippen LogP contribution in [-0.2, 0) is 9.59 Å². The number of carbonyl (C=O) groups is 2. The van der Waals surface area contributed by atoms with Crippen LogP contribution in [0.15, 0.2) is 53.8 Å². The van der Waals surface area contributed by atoms with E-state index in [-0.39, 0.29) is 17.8 Å². The van der Waals surface area contributed by atoms with Gasteiger partial charge in [-0.3, -0.25) is 14.5 Å². The number of aliphatic hydroxyl groups excluding tert-OH is 1. The Bertz CT molecular complexity index is 997. The third-order valence-electron chi connectivity index (χ3n) is 4.96. The summed E-state index contributed by atoms with van der Waals surface area (Å²) < 4.78 is 16.3. The van der Waals surface area contributed by atoms with E-state index in [9.17, 15) is 14.7 Å². The van der Waals surface area contributed by atoms with Gasteiger partial charge in [-0.15, -0.1) is 0 Å². The molecule has 1 aliphatic rings. The van der Waals surface area contributed by atoms with Gasteiger partial charge in [0.05, 0.1) is 32.4 Å². The van der Waals surface area contributed by atoms with E-state index in [4.69, 9.17) is 14.2 Å². The highest BCUT2D eigenvalue weighted by atomic mass is 16.5. The van der Waals surface area contributed by atoms with Crippen molar-refractivity contribution in [3.63, 3.8) is 0 Å². The van der Waals surface area contributed by atoms with E-state index in [1.54, 1.807) is 49.4 Å². The summed E-state index contributed by atoms with van der Waals surface area (Å²) in [5.74, 6) is 0.102. The number of ether oxygens (including phenoxy) is 3. The maximum absolute atomic E-state index is 13.0. The first-order chi connectivity index (χ1) is 14.5. The molecule has 2 aromatic rings. The second-order valence-corrected chi connectivity index (χ2v) is 6.66. The smallest absolute Gasteiger partial charge is 0.294 e. The number of benzene rings is 2. The Balaban J connectivity index is 2.19. The topological polar surface area (TPSA) is 85.3 Å². The molecular weight excluding hydrogens is 386 g/mol. The second-order valence-electron chi connectivity index (χ2n) is 6.66. The number of rotatable bonds is 8. The van der Waals surface area contributed by atoms with Gasteiger partial charge in [0, 0.05) is 18.2 Å². The first kappa shape index (κ1) is 21.2. The molecule has 1 heterocycles. The predicted molar refractivity (Wildman–Crippen MR) is 112 cm³/mol. The Hall–Kier alpha value is -3.48. The molecule has 1 unspecified atom stereocenters. The van der Waals surface area contributed by atoms with Crippen LogP contribution in [0.5, 0.6) is 17.2 Å². The highest BCUT2D eigenvalue weighted by Gasteiger charge is 2.44. The molecule has 3 rings (SSSR count). The minimum Gasteiger partial charge on any atom is -0.503 e. The number of nitrogens with zero attached hydrogens (tertiary/aromatic N) is 1. The SMILES string of the molecule is CCOc1cc(C2C(C(=O)CC)=C(O)C(=O)N2c2cccc(OC)c2)ccc1OC. The number of aliphatic hydroxyl groups is 1. The molecule has 0 saturated carbocycles. The van der Waals surface area contributed by atoms with E-state index in [0.29, 0.717) is 35.1 Å². The van der Waals surface area contributed by atoms with Gasteiger partial charge >= 0.3 is 0 Å². The molecule has 7 heteroatoms. The maximum Gasteiger partial charge on any atom is 0.294 e. The van der Waals surface area contributed by atoms with Crippen molar-refractivity contribution >= 4 is 17.4 Å². The average molecular weight is 411 g/mol. The van der Waals surface area contributed by atoms with Crippen LogP contribution in [0, 0.1) is 0 Å². The Morgan fingerprint density at radius 2 is 1.83 bits per heavy atom. The highest BCUT2D eigenvalue weighted by molar-refractivity contribution is 6.16. The van der Waals surface area contributed by atoms with Crippen molar-refractivity contribution < 1.29 is 28.9 Å². The van der Waals surface area contributed by atoms with Gasteiger partial charge in [-0.2, -0.15) is 0 Å². The fourth-order valence-corrected chi connectivity index (χ4v) is 3.55. The third-order valence-corrected chi connectivity index (χ3v) is 4.96. The van der Waals surface area contributed by atoms with E-state index in [1.807, 2.05) is 6.92 Å². The van der Waals surface area contributed by atoms with Crippen LogP contribution in [0.4, 0.5) is 5.69 Å². The number of hydrogen-bond donors (Lipinski definition) is 1. The number of Topliss-reactive ketones (excluding diaryl/α,β-unsaturated/α-hetero) is 1. The van der Waals surface area contributed by atoms with Gasteiger partial charge in [0.15, 0.2) is 23.0 Å². The molecule has 1 atom stereocenters. The molecule has 0 radical (unpaired) electrons. The number of methoxy groups -OCH3 is 2. The number of carbonyl (C=O) groups excluding carboxylic acids is 2. The van der Waals surface area contributed by atoms with Crippen molar-refractivity contribution in [1.82, 2.24) is 0 Å². The van der Waals surface area contributed by atoms with Crippen molar-refractivity contribution in [1.29, 1.82) is 0 Å². The number of ketones is 1. The van der Waals surface area contributed by atoms with Gasteiger partial charge in [-0.25, -0.2) is 0 Å². The van der Waals surface area contributed by atoms with E-state index < -0.39 is 17.7 Å². The van der Waals surface area contributed by atoms with E-state index in [0.717, 1.165) is 0 Å². The van der Waals surface area contributed by atoms with Crippen LogP contribution in [-0.4, -0.2) is 37.6 Å². The zero-order valence-corrected chi connectivity index (χ0v) is 17.5. The molecule has 0 spiro atoms. The minimum atomic E-state index is -0.804. The first-order valence-electron chi connectivity index (χ1n) is 9.71. The molecule has 0 bridgehead atoms. The molecule has 1 aliphatic heterocycles. The van der Waals surface area contributed by atoms with Crippen molar-refractivity contribution in [2.24, 2.45) is 0 Å². The fourth-order valence-electron chi connectivity index (χ4n) is 3.55. The largest absolute Gasteiger partial charge is 0.503 e. The van der Waals surface area contributed by atoms with E-state index >= 15 is 0 Å². The van der Waals surface area contributed by atoms with Crippen molar-refractivity contribution in [3.05, 3.63) is 59.4 Å². The normalized spacial score (nSPS) is 16.1. The van der Waals surface area contributed by atoms with Gasteiger partial charge in [0.2, 0.25) is 0 Å². The number of anilines is 1.